The molecule has 3 rings (SSSR count). The Morgan fingerprint density at radius 1 is 1.38 bits per heavy atom. The molecule has 6 heteroatoms. The molecular formula is C18H29N5O. The number of likely N-dealkylation sites (tertiary alicyclic amines) is 1. The van der Waals surface area contributed by atoms with E-state index in [4.69, 9.17) is 0 Å². The molecular weight excluding hydrogens is 302 g/mol. The summed E-state index contributed by atoms with van der Waals surface area (Å²) in [7, 11) is 1.94. The lowest BCUT2D eigenvalue weighted by atomic mass is 9.91. The third kappa shape index (κ3) is 3.54. The number of aliphatic hydroxyl groups is 1. The van der Waals surface area contributed by atoms with E-state index >= 15 is 0 Å². The molecule has 1 N–H and O–H groups in total. The number of aliphatic hydroxyl groups excluding tert-OH is 1. The smallest absolute Gasteiger partial charge is 0.137 e. The Hall–Kier alpha value is -1.66. The molecule has 2 aromatic rings. The van der Waals surface area contributed by atoms with E-state index in [9.17, 15) is 5.11 Å². The van der Waals surface area contributed by atoms with Crippen molar-refractivity contribution in [1.82, 2.24) is 24.2 Å². The zero-order chi connectivity index (χ0) is 17.3. The second kappa shape index (κ2) is 7.07. The molecule has 24 heavy (non-hydrogen) atoms. The van der Waals surface area contributed by atoms with Gasteiger partial charge in [-0.2, -0.15) is 5.10 Å². The Morgan fingerprint density at radius 2 is 2.17 bits per heavy atom. The number of imidazole rings is 1. The fourth-order valence-electron chi connectivity index (χ4n) is 3.55. The standard InChI is InChI=1S/C18H29N5O/c1-13(2)23-12-16(14(3)20-23)11-22-8-5-6-15(10-22)17(24)18-19-7-9-21(18)4/h7,9,12-13,15,17,24H,5-6,8,10-11H2,1-4H3/t15-,17-/m0/s1. The molecule has 0 radical (unpaired) electrons. The van der Waals surface area contributed by atoms with Crippen LogP contribution in [0.25, 0.3) is 0 Å². The van der Waals surface area contributed by atoms with Gasteiger partial charge in [0.25, 0.3) is 0 Å². The normalized spacial score (nSPS) is 20.7. The number of piperidine rings is 1. The van der Waals surface area contributed by atoms with Crippen molar-refractivity contribution in [2.45, 2.75) is 52.3 Å². The molecule has 1 aliphatic rings. The van der Waals surface area contributed by atoms with Crippen LogP contribution in [-0.4, -0.2) is 42.4 Å². The Bertz CT molecular complexity index is 675. The Labute approximate surface area is 144 Å². The summed E-state index contributed by atoms with van der Waals surface area (Å²) in [6.07, 6.45) is 7.48. The molecule has 1 saturated heterocycles. The number of rotatable bonds is 5. The molecule has 1 aliphatic heterocycles. The lowest BCUT2D eigenvalue weighted by molar-refractivity contribution is 0.0404. The lowest BCUT2D eigenvalue weighted by Gasteiger charge is -2.34. The van der Waals surface area contributed by atoms with Gasteiger partial charge in [-0.25, -0.2) is 4.98 Å². The van der Waals surface area contributed by atoms with E-state index in [1.54, 1.807) is 6.20 Å². The van der Waals surface area contributed by atoms with Crippen LogP contribution in [-0.2, 0) is 13.6 Å². The quantitative estimate of drug-likeness (QED) is 0.914. The lowest BCUT2D eigenvalue weighted by Crippen LogP contribution is -2.38. The van der Waals surface area contributed by atoms with Crippen molar-refractivity contribution >= 4 is 0 Å². The van der Waals surface area contributed by atoms with E-state index in [2.05, 4.69) is 42.0 Å². The number of hydrogen-bond acceptors (Lipinski definition) is 4. The molecule has 0 aromatic carbocycles. The Balaban J connectivity index is 1.66. The molecule has 132 valence electrons. The van der Waals surface area contributed by atoms with Crippen LogP contribution in [0.3, 0.4) is 0 Å². The van der Waals surface area contributed by atoms with E-state index in [0.717, 1.165) is 44.0 Å². The van der Waals surface area contributed by atoms with Crippen molar-refractivity contribution in [2.75, 3.05) is 13.1 Å². The second-order valence-electron chi connectivity index (χ2n) is 7.29. The van der Waals surface area contributed by atoms with Crippen LogP contribution < -0.4 is 0 Å². The minimum Gasteiger partial charge on any atom is -0.385 e. The van der Waals surface area contributed by atoms with Gasteiger partial charge in [0, 0.05) is 56.3 Å². The number of hydrogen-bond donors (Lipinski definition) is 1. The fourth-order valence-corrected chi connectivity index (χ4v) is 3.55. The molecule has 0 saturated carbocycles. The Morgan fingerprint density at radius 3 is 2.79 bits per heavy atom. The first kappa shape index (κ1) is 17.2. The van der Waals surface area contributed by atoms with Crippen molar-refractivity contribution in [2.24, 2.45) is 13.0 Å². The second-order valence-corrected chi connectivity index (χ2v) is 7.29. The molecule has 0 amide bonds. The molecule has 6 nitrogen and oxygen atoms in total. The minimum absolute atomic E-state index is 0.236. The molecule has 0 unspecified atom stereocenters. The third-order valence-corrected chi connectivity index (χ3v) is 5.05. The van der Waals surface area contributed by atoms with Crippen LogP contribution in [0.2, 0.25) is 0 Å². The predicted octanol–water partition coefficient (Wildman–Crippen LogP) is 2.45. The summed E-state index contributed by atoms with van der Waals surface area (Å²) in [6.45, 7) is 9.27. The maximum atomic E-state index is 10.7. The SMILES string of the molecule is Cc1nn(C(C)C)cc1CN1CCC[C@H]([C@H](O)c2nccn2C)C1. The highest BCUT2D eigenvalue weighted by atomic mass is 16.3. The van der Waals surface area contributed by atoms with E-state index in [1.165, 1.54) is 5.56 Å². The maximum absolute atomic E-state index is 10.7. The third-order valence-electron chi connectivity index (χ3n) is 5.05. The van der Waals surface area contributed by atoms with Gasteiger partial charge in [0.05, 0.1) is 5.69 Å². The molecule has 0 spiro atoms. The number of aromatic nitrogens is 4. The van der Waals surface area contributed by atoms with Gasteiger partial charge in [0.1, 0.15) is 11.9 Å². The van der Waals surface area contributed by atoms with Gasteiger partial charge in [-0.1, -0.05) is 0 Å². The molecule has 2 aromatic heterocycles. The topological polar surface area (TPSA) is 59.1 Å². The first-order valence-corrected chi connectivity index (χ1v) is 8.88. The van der Waals surface area contributed by atoms with Crippen molar-refractivity contribution in [3.8, 4) is 0 Å². The monoisotopic (exact) mass is 331 g/mol. The summed E-state index contributed by atoms with van der Waals surface area (Å²) in [5, 5.41) is 15.3. The predicted molar refractivity (Wildman–Crippen MR) is 93.5 cm³/mol. The molecule has 2 atom stereocenters. The highest BCUT2D eigenvalue weighted by molar-refractivity contribution is 5.16. The van der Waals surface area contributed by atoms with Crippen LogP contribution in [0.5, 0.6) is 0 Å². The highest BCUT2D eigenvalue weighted by Crippen LogP contribution is 2.29. The van der Waals surface area contributed by atoms with Crippen LogP contribution in [0.4, 0.5) is 0 Å². The molecule has 0 bridgehead atoms. The molecule has 3 heterocycles. The summed E-state index contributed by atoms with van der Waals surface area (Å²) in [5.41, 5.74) is 2.39. The van der Waals surface area contributed by atoms with Crippen molar-refractivity contribution in [3.63, 3.8) is 0 Å². The van der Waals surface area contributed by atoms with Crippen molar-refractivity contribution in [3.05, 3.63) is 35.7 Å². The minimum atomic E-state index is -0.493. The van der Waals surface area contributed by atoms with Gasteiger partial charge in [-0.05, 0) is 40.2 Å². The summed E-state index contributed by atoms with van der Waals surface area (Å²) < 4.78 is 3.95. The van der Waals surface area contributed by atoms with Gasteiger partial charge in [-0.15, -0.1) is 0 Å². The first-order chi connectivity index (χ1) is 11.5. The van der Waals surface area contributed by atoms with Crippen LogP contribution in [0, 0.1) is 12.8 Å². The fraction of sp³-hybridized carbons (Fsp3) is 0.667. The highest BCUT2D eigenvalue weighted by Gasteiger charge is 2.29. The van der Waals surface area contributed by atoms with Gasteiger partial charge in [0.2, 0.25) is 0 Å². The van der Waals surface area contributed by atoms with E-state index in [0.29, 0.717) is 6.04 Å². The average Bonchev–Trinajstić information content (AvgIpc) is 3.13. The van der Waals surface area contributed by atoms with Crippen LogP contribution in [0.1, 0.15) is 55.9 Å². The van der Waals surface area contributed by atoms with Crippen LogP contribution in [0.15, 0.2) is 18.6 Å². The number of aryl methyl sites for hydroxylation is 2. The van der Waals surface area contributed by atoms with Crippen molar-refractivity contribution < 1.29 is 5.11 Å². The van der Waals surface area contributed by atoms with E-state index < -0.39 is 6.10 Å². The maximum Gasteiger partial charge on any atom is 0.137 e. The van der Waals surface area contributed by atoms with Gasteiger partial charge in [0.15, 0.2) is 0 Å². The summed E-state index contributed by atoms with van der Waals surface area (Å²) >= 11 is 0. The largest absolute Gasteiger partial charge is 0.385 e. The van der Waals surface area contributed by atoms with Gasteiger partial charge < -0.3 is 9.67 Å². The first-order valence-electron chi connectivity index (χ1n) is 8.88. The number of nitrogens with zero attached hydrogens (tertiary/aromatic N) is 5. The summed E-state index contributed by atoms with van der Waals surface area (Å²) in [5.74, 6) is 1.01. The Kier molecular flexibility index (Phi) is 5.06. The summed E-state index contributed by atoms with van der Waals surface area (Å²) in [6, 6.07) is 0.386. The zero-order valence-electron chi connectivity index (χ0n) is 15.2. The van der Waals surface area contributed by atoms with Crippen molar-refractivity contribution in [1.29, 1.82) is 0 Å². The van der Waals surface area contributed by atoms with E-state index in [-0.39, 0.29) is 5.92 Å². The average molecular weight is 331 g/mol. The zero-order valence-corrected chi connectivity index (χ0v) is 15.2. The summed E-state index contributed by atoms with van der Waals surface area (Å²) in [4.78, 5) is 6.76. The molecule has 1 fully saturated rings. The molecule has 0 aliphatic carbocycles. The van der Waals surface area contributed by atoms with Crippen LogP contribution >= 0.6 is 0 Å². The van der Waals surface area contributed by atoms with E-state index in [1.807, 2.05) is 22.5 Å². The van der Waals surface area contributed by atoms with Gasteiger partial charge in [-0.3, -0.25) is 9.58 Å². The van der Waals surface area contributed by atoms with Gasteiger partial charge >= 0.3 is 0 Å².